The molecule has 0 fully saturated rings. The van der Waals surface area contributed by atoms with Crippen molar-refractivity contribution in [1.29, 1.82) is 0 Å². The van der Waals surface area contributed by atoms with E-state index in [0.29, 0.717) is 33.0 Å². The normalized spacial score (nSPS) is 14.3. The van der Waals surface area contributed by atoms with Crippen molar-refractivity contribution in [3.8, 4) is 23.0 Å². The first-order valence-corrected chi connectivity index (χ1v) is 7.91. The van der Waals surface area contributed by atoms with Crippen molar-refractivity contribution in [2.24, 2.45) is 0 Å². The van der Waals surface area contributed by atoms with Gasteiger partial charge in [-0.15, -0.1) is 0 Å². The largest absolute Gasteiger partial charge is 0.497 e. The summed E-state index contributed by atoms with van der Waals surface area (Å²) >= 11 is 3.41. The molecule has 0 saturated carbocycles. The van der Waals surface area contributed by atoms with Crippen molar-refractivity contribution in [1.82, 2.24) is 0 Å². The number of rotatable bonds is 4. The average Bonchev–Trinajstić information content (AvgIpc) is 2.93. The van der Waals surface area contributed by atoms with E-state index in [-0.39, 0.29) is 11.5 Å². The van der Waals surface area contributed by atoms with Crippen LogP contribution in [-0.2, 0) is 0 Å². The van der Waals surface area contributed by atoms with Gasteiger partial charge in [0.05, 0.1) is 21.3 Å². The Morgan fingerprint density at radius 2 is 1.79 bits per heavy atom. The van der Waals surface area contributed by atoms with Crippen LogP contribution in [0.2, 0.25) is 0 Å². The lowest BCUT2D eigenvalue weighted by molar-refractivity contribution is 0.101. The van der Waals surface area contributed by atoms with E-state index in [4.69, 9.17) is 18.9 Å². The van der Waals surface area contributed by atoms with Crippen LogP contribution in [-0.4, -0.2) is 27.1 Å². The van der Waals surface area contributed by atoms with Gasteiger partial charge in [-0.1, -0.05) is 12.1 Å². The number of ketones is 1. The Morgan fingerprint density at radius 3 is 2.46 bits per heavy atom. The van der Waals surface area contributed by atoms with E-state index >= 15 is 0 Å². The molecule has 0 spiro atoms. The number of Topliss-reactive ketones (excluding diaryl/α,β-unsaturated/α-hetero) is 1. The molecule has 0 bridgehead atoms. The van der Waals surface area contributed by atoms with E-state index in [2.05, 4.69) is 15.9 Å². The standard InChI is InChI=1S/C18H15BrO5/c1-21-11-6-4-5-10(7-11)8-14-17(20)15-12(22-2)9-13(23-3)16(19)18(15)24-14/h4-9H,1-3H3. The fourth-order valence-corrected chi connectivity index (χ4v) is 3.02. The van der Waals surface area contributed by atoms with E-state index in [1.165, 1.54) is 14.2 Å². The molecule has 3 rings (SSSR count). The second kappa shape index (κ2) is 6.57. The number of carbonyl (C=O) groups is 1. The molecule has 1 aliphatic heterocycles. The van der Waals surface area contributed by atoms with Gasteiger partial charge in [0.2, 0.25) is 5.78 Å². The predicted molar refractivity (Wildman–Crippen MR) is 93.2 cm³/mol. The summed E-state index contributed by atoms with van der Waals surface area (Å²) in [5, 5.41) is 0. The van der Waals surface area contributed by atoms with E-state index < -0.39 is 0 Å². The van der Waals surface area contributed by atoms with Crippen LogP contribution in [0.3, 0.4) is 0 Å². The lowest BCUT2D eigenvalue weighted by Crippen LogP contribution is -2.00. The number of carbonyl (C=O) groups excluding carboxylic acids is 1. The number of allylic oxidation sites excluding steroid dienone is 1. The van der Waals surface area contributed by atoms with Crippen LogP contribution in [0.25, 0.3) is 6.08 Å². The van der Waals surface area contributed by atoms with Gasteiger partial charge in [0.15, 0.2) is 11.5 Å². The molecule has 0 aromatic heterocycles. The van der Waals surface area contributed by atoms with Crippen LogP contribution >= 0.6 is 15.9 Å². The Labute approximate surface area is 147 Å². The van der Waals surface area contributed by atoms with E-state index in [9.17, 15) is 4.79 Å². The number of ether oxygens (including phenoxy) is 4. The summed E-state index contributed by atoms with van der Waals surface area (Å²) in [6, 6.07) is 9.01. The Hall–Kier alpha value is -2.47. The zero-order valence-corrected chi connectivity index (χ0v) is 15.0. The monoisotopic (exact) mass is 390 g/mol. The first kappa shape index (κ1) is 16.4. The molecule has 5 nitrogen and oxygen atoms in total. The number of methoxy groups -OCH3 is 3. The summed E-state index contributed by atoms with van der Waals surface area (Å²) < 4.78 is 22.1. The molecule has 0 atom stereocenters. The molecule has 0 aliphatic carbocycles. The quantitative estimate of drug-likeness (QED) is 0.735. The molecule has 6 heteroatoms. The zero-order valence-electron chi connectivity index (χ0n) is 13.4. The third kappa shape index (κ3) is 2.73. The minimum absolute atomic E-state index is 0.213. The molecule has 0 N–H and O–H groups in total. The highest BCUT2D eigenvalue weighted by Gasteiger charge is 2.34. The Kier molecular flexibility index (Phi) is 4.49. The molecule has 1 aliphatic rings. The van der Waals surface area contributed by atoms with Gasteiger partial charge in [0, 0.05) is 6.07 Å². The predicted octanol–water partition coefficient (Wildman–Crippen LogP) is 4.09. The van der Waals surface area contributed by atoms with Crippen LogP contribution in [0, 0.1) is 0 Å². The van der Waals surface area contributed by atoms with Crippen molar-refractivity contribution in [2.45, 2.75) is 0 Å². The summed E-state index contributed by atoms with van der Waals surface area (Å²) in [5.41, 5.74) is 1.17. The molecule has 2 aromatic rings. The van der Waals surface area contributed by atoms with Crippen molar-refractivity contribution in [2.75, 3.05) is 21.3 Å². The fourth-order valence-electron chi connectivity index (χ4n) is 2.47. The molecule has 0 radical (unpaired) electrons. The molecule has 0 saturated heterocycles. The maximum atomic E-state index is 12.7. The average molecular weight is 391 g/mol. The van der Waals surface area contributed by atoms with Gasteiger partial charge in [-0.2, -0.15) is 0 Å². The second-order valence-corrected chi connectivity index (χ2v) is 5.81. The number of halogens is 1. The maximum Gasteiger partial charge on any atom is 0.235 e. The Bertz CT molecular complexity index is 842. The lowest BCUT2D eigenvalue weighted by atomic mass is 10.1. The van der Waals surface area contributed by atoms with Crippen LogP contribution in [0.1, 0.15) is 15.9 Å². The van der Waals surface area contributed by atoms with Crippen LogP contribution in [0.15, 0.2) is 40.6 Å². The van der Waals surface area contributed by atoms with Crippen LogP contribution < -0.4 is 18.9 Å². The molecular weight excluding hydrogens is 376 g/mol. The SMILES string of the molecule is COc1cccc(C=C2Oc3c(Br)c(OC)cc(OC)c3C2=O)c1. The van der Waals surface area contributed by atoms with Gasteiger partial charge < -0.3 is 18.9 Å². The maximum absolute atomic E-state index is 12.7. The minimum atomic E-state index is -0.243. The van der Waals surface area contributed by atoms with Crippen LogP contribution in [0.4, 0.5) is 0 Å². The molecule has 124 valence electrons. The molecule has 0 unspecified atom stereocenters. The van der Waals surface area contributed by atoms with Crippen LogP contribution in [0.5, 0.6) is 23.0 Å². The summed E-state index contributed by atoms with van der Waals surface area (Å²) in [5.74, 6) is 2.00. The molecular formula is C18H15BrO5. The van der Waals surface area contributed by atoms with Gasteiger partial charge in [0.1, 0.15) is 27.3 Å². The van der Waals surface area contributed by atoms with Gasteiger partial charge in [-0.05, 0) is 39.7 Å². The van der Waals surface area contributed by atoms with Gasteiger partial charge in [-0.25, -0.2) is 0 Å². The van der Waals surface area contributed by atoms with Gasteiger partial charge in [0.25, 0.3) is 0 Å². The number of benzene rings is 2. The van der Waals surface area contributed by atoms with E-state index in [0.717, 1.165) is 5.56 Å². The topological polar surface area (TPSA) is 54.0 Å². The molecule has 1 heterocycles. The fraction of sp³-hybridized carbons (Fsp3) is 0.167. The van der Waals surface area contributed by atoms with Crippen molar-refractivity contribution >= 4 is 27.8 Å². The summed E-state index contributed by atoms with van der Waals surface area (Å²) in [6.45, 7) is 0. The summed E-state index contributed by atoms with van der Waals surface area (Å²) in [4.78, 5) is 12.7. The van der Waals surface area contributed by atoms with Crippen molar-refractivity contribution < 1.29 is 23.7 Å². The minimum Gasteiger partial charge on any atom is -0.497 e. The smallest absolute Gasteiger partial charge is 0.235 e. The highest BCUT2D eigenvalue weighted by atomic mass is 79.9. The second-order valence-electron chi connectivity index (χ2n) is 5.02. The highest BCUT2D eigenvalue weighted by molar-refractivity contribution is 9.10. The van der Waals surface area contributed by atoms with E-state index in [1.807, 2.05) is 24.3 Å². The van der Waals surface area contributed by atoms with Crippen molar-refractivity contribution in [3.05, 3.63) is 51.7 Å². The molecule has 24 heavy (non-hydrogen) atoms. The molecule has 2 aromatic carbocycles. The lowest BCUT2D eigenvalue weighted by Gasteiger charge is -2.10. The van der Waals surface area contributed by atoms with Crippen molar-refractivity contribution in [3.63, 3.8) is 0 Å². The molecule has 0 amide bonds. The van der Waals surface area contributed by atoms with E-state index in [1.54, 1.807) is 19.3 Å². The third-order valence-electron chi connectivity index (χ3n) is 3.65. The number of hydrogen-bond donors (Lipinski definition) is 0. The van der Waals surface area contributed by atoms with Gasteiger partial charge >= 0.3 is 0 Å². The first-order chi connectivity index (χ1) is 11.6. The van der Waals surface area contributed by atoms with Gasteiger partial charge in [-0.3, -0.25) is 4.79 Å². The number of hydrogen-bond acceptors (Lipinski definition) is 5. The third-order valence-corrected chi connectivity index (χ3v) is 4.40. The first-order valence-electron chi connectivity index (χ1n) is 7.11. The summed E-state index contributed by atoms with van der Waals surface area (Å²) in [6.07, 6.45) is 1.67. The summed E-state index contributed by atoms with van der Waals surface area (Å²) in [7, 11) is 4.63. The highest BCUT2D eigenvalue weighted by Crippen LogP contribution is 2.48. The number of fused-ring (bicyclic) bond motifs is 1. The Balaban J connectivity index is 2.07. The Morgan fingerprint density at radius 1 is 1.04 bits per heavy atom. The zero-order chi connectivity index (χ0) is 17.3.